The minimum Gasteiger partial charge on any atom is -0.383 e. The monoisotopic (exact) mass is 386 g/mol. The molecule has 1 heterocycles. The van der Waals surface area contributed by atoms with Crippen molar-refractivity contribution in [1.82, 2.24) is 14.8 Å². The van der Waals surface area contributed by atoms with Crippen LogP contribution < -0.4 is 5.32 Å². The molecule has 0 aliphatic carbocycles. The fraction of sp³-hybridized carbons (Fsp3) is 0.211. The van der Waals surface area contributed by atoms with E-state index in [4.69, 9.17) is 4.74 Å². The maximum atomic E-state index is 12.9. The van der Waals surface area contributed by atoms with E-state index >= 15 is 0 Å². The smallest absolute Gasteiger partial charge is 0.234 e. The SMILES string of the molecule is COCCn1c(SCC(=O)Nc2ccc(F)cc2)nnc1-c1ccccc1. The molecule has 0 saturated heterocycles. The highest BCUT2D eigenvalue weighted by Crippen LogP contribution is 2.24. The molecule has 0 unspecified atom stereocenters. The van der Waals surface area contributed by atoms with Crippen LogP contribution in [0.5, 0.6) is 0 Å². The van der Waals surface area contributed by atoms with Crippen LogP contribution in [-0.4, -0.2) is 40.1 Å². The van der Waals surface area contributed by atoms with Gasteiger partial charge in [0, 0.05) is 18.4 Å². The van der Waals surface area contributed by atoms with Crippen LogP contribution in [0.1, 0.15) is 0 Å². The van der Waals surface area contributed by atoms with Gasteiger partial charge in [-0.05, 0) is 24.3 Å². The van der Waals surface area contributed by atoms with Gasteiger partial charge in [-0.3, -0.25) is 9.36 Å². The van der Waals surface area contributed by atoms with Gasteiger partial charge < -0.3 is 10.1 Å². The molecule has 1 aromatic heterocycles. The molecule has 3 rings (SSSR count). The van der Waals surface area contributed by atoms with Crippen molar-refractivity contribution < 1.29 is 13.9 Å². The second kappa shape index (κ2) is 9.29. The Bertz CT molecular complexity index is 884. The molecular formula is C19H19FN4O2S. The minimum atomic E-state index is -0.345. The summed E-state index contributed by atoms with van der Waals surface area (Å²) in [6.07, 6.45) is 0. The third kappa shape index (κ3) is 5.15. The fourth-order valence-corrected chi connectivity index (χ4v) is 3.21. The van der Waals surface area contributed by atoms with Crippen LogP contribution in [0.25, 0.3) is 11.4 Å². The van der Waals surface area contributed by atoms with Gasteiger partial charge in [-0.25, -0.2) is 4.39 Å². The van der Waals surface area contributed by atoms with Gasteiger partial charge in [0.15, 0.2) is 11.0 Å². The number of hydrogen-bond donors (Lipinski definition) is 1. The Hall–Kier alpha value is -2.71. The van der Waals surface area contributed by atoms with Crippen LogP contribution in [0.3, 0.4) is 0 Å². The number of benzene rings is 2. The molecule has 0 aliphatic rings. The Morgan fingerprint density at radius 3 is 2.59 bits per heavy atom. The summed E-state index contributed by atoms with van der Waals surface area (Å²) < 4.78 is 20.1. The van der Waals surface area contributed by atoms with Gasteiger partial charge in [-0.2, -0.15) is 0 Å². The van der Waals surface area contributed by atoms with Crippen molar-refractivity contribution in [1.29, 1.82) is 0 Å². The van der Waals surface area contributed by atoms with Crippen molar-refractivity contribution in [2.75, 3.05) is 24.8 Å². The molecule has 140 valence electrons. The first-order valence-corrected chi connectivity index (χ1v) is 9.31. The van der Waals surface area contributed by atoms with Crippen molar-refractivity contribution in [3.8, 4) is 11.4 Å². The topological polar surface area (TPSA) is 69.0 Å². The lowest BCUT2D eigenvalue weighted by molar-refractivity contribution is -0.113. The van der Waals surface area contributed by atoms with Gasteiger partial charge in [0.2, 0.25) is 5.91 Å². The lowest BCUT2D eigenvalue weighted by atomic mass is 10.2. The quantitative estimate of drug-likeness (QED) is 0.601. The highest BCUT2D eigenvalue weighted by molar-refractivity contribution is 7.99. The van der Waals surface area contributed by atoms with Gasteiger partial charge >= 0.3 is 0 Å². The number of carbonyl (C=O) groups is 1. The standard InChI is InChI=1S/C19H19FN4O2S/c1-26-12-11-24-18(14-5-3-2-4-6-14)22-23-19(24)27-13-17(25)21-16-9-7-15(20)8-10-16/h2-10H,11-13H2,1H3,(H,21,25). The number of nitrogens with zero attached hydrogens (tertiary/aromatic N) is 3. The maximum Gasteiger partial charge on any atom is 0.234 e. The molecule has 8 heteroatoms. The zero-order valence-electron chi connectivity index (χ0n) is 14.8. The Morgan fingerprint density at radius 1 is 1.15 bits per heavy atom. The molecule has 0 atom stereocenters. The summed E-state index contributed by atoms with van der Waals surface area (Å²) in [6, 6.07) is 15.4. The Kier molecular flexibility index (Phi) is 6.56. The molecule has 0 spiro atoms. The summed E-state index contributed by atoms with van der Waals surface area (Å²) in [4.78, 5) is 12.2. The van der Waals surface area contributed by atoms with Crippen molar-refractivity contribution in [2.24, 2.45) is 0 Å². The number of aromatic nitrogens is 3. The number of amides is 1. The predicted molar refractivity (Wildman–Crippen MR) is 103 cm³/mol. The van der Waals surface area contributed by atoms with Crippen molar-refractivity contribution in [2.45, 2.75) is 11.7 Å². The van der Waals surface area contributed by atoms with Crippen LogP contribution in [0.4, 0.5) is 10.1 Å². The molecular weight excluding hydrogens is 367 g/mol. The first kappa shape index (κ1) is 19.1. The van der Waals surface area contributed by atoms with Crippen molar-refractivity contribution in [3.05, 3.63) is 60.4 Å². The van der Waals surface area contributed by atoms with Crippen molar-refractivity contribution >= 4 is 23.4 Å². The van der Waals surface area contributed by atoms with E-state index in [1.165, 1.54) is 36.0 Å². The number of halogens is 1. The molecule has 1 N–H and O–H groups in total. The molecule has 6 nitrogen and oxygen atoms in total. The Morgan fingerprint density at radius 2 is 1.89 bits per heavy atom. The molecule has 0 fully saturated rings. The van der Waals surface area contributed by atoms with Gasteiger partial charge in [0.05, 0.1) is 18.9 Å². The molecule has 0 saturated carbocycles. The maximum absolute atomic E-state index is 12.9. The van der Waals surface area contributed by atoms with E-state index in [0.29, 0.717) is 24.0 Å². The van der Waals surface area contributed by atoms with E-state index in [0.717, 1.165) is 11.4 Å². The van der Waals surface area contributed by atoms with Crippen LogP contribution in [0.2, 0.25) is 0 Å². The van der Waals surface area contributed by atoms with Gasteiger partial charge in [0.25, 0.3) is 0 Å². The molecule has 0 radical (unpaired) electrons. The molecule has 27 heavy (non-hydrogen) atoms. The summed E-state index contributed by atoms with van der Waals surface area (Å²) in [5.74, 6) is 0.349. The summed E-state index contributed by atoms with van der Waals surface area (Å²) in [6.45, 7) is 1.09. The fourth-order valence-electron chi connectivity index (χ4n) is 2.44. The lowest BCUT2D eigenvalue weighted by Gasteiger charge is -2.10. The van der Waals surface area contributed by atoms with Gasteiger partial charge in [0.1, 0.15) is 5.82 Å². The van der Waals surface area contributed by atoms with Crippen LogP contribution in [0, 0.1) is 5.82 Å². The molecule has 1 amide bonds. The van der Waals surface area contributed by atoms with Crippen LogP contribution >= 0.6 is 11.8 Å². The molecule has 0 aliphatic heterocycles. The summed E-state index contributed by atoms with van der Waals surface area (Å²) in [5, 5.41) is 11.9. The third-order valence-electron chi connectivity index (χ3n) is 3.73. The summed E-state index contributed by atoms with van der Waals surface area (Å²) in [7, 11) is 1.63. The molecule has 0 bridgehead atoms. The van der Waals surface area contributed by atoms with E-state index < -0.39 is 0 Å². The van der Waals surface area contributed by atoms with Crippen LogP contribution in [-0.2, 0) is 16.1 Å². The number of ether oxygens (including phenoxy) is 1. The third-order valence-corrected chi connectivity index (χ3v) is 4.69. The molecule has 3 aromatic rings. The van der Waals surface area contributed by atoms with E-state index in [-0.39, 0.29) is 17.5 Å². The summed E-state index contributed by atoms with van der Waals surface area (Å²) in [5.41, 5.74) is 1.50. The number of carbonyl (C=O) groups excluding carboxylic acids is 1. The first-order valence-electron chi connectivity index (χ1n) is 8.33. The Labute approximate surface area is 160 Å². The number of thioether (sulfide) groups is 1. The van der Waals surface area contributed by atoms with E-state index in [1.807, 2.05) is 34.9 Å². The average Bonchev–Trinajstić information content (AvgIpc) is 3.10. The second-order valence-corrected chi connectivity index (χ2v) is 6.60. The average molecular weight is 386 g/mol. The molecule has 2 aromatic carbocycles. The minimum absolute atomic E-state index is 0.164. The first-order chi connectivity index (χ1) is 13.2. The summed E-state index contributed by atoms with van der Waals surface area (Å²) >= 11 is 1.29. The lowest BCUT2D eigenvalue weighted by Crippen LogP contribution is -2.15. The largest absolute Gasteiger partial charge is 0.383 e. The van der Waals surface area contributed by atoms with E-state index in [1.54, 1.807) is 7.11 Å². The van der Waals surface area contributed by atoms with Crippen molar-refractivity contribution in [3.63, 3.8) is 0 Å². The Balaban J connectivity index is 1.69. The number of hydrogen-bond acceptors (Lipinski definition) is 5. The normalized spacial score (nSPS) is 10.7. The zero-order valence-corrected chi connectivity index (χ0v) is 15.6. The highest BCUT2D eigenvalue weighted by atomic mass is 32.2. The van der Waals surface area contributed by atoms with E-state index in [9.17, 15) is 9.18 Å². The zero-order chi connectivity index (χ0) is 19.1. The van der Waals surface area contributed by atoms with E-state index in [2.05, 4.69) is 15.5 Å². The predicted octanol–water partition coefficient (Wildman–Crippen LogP) is 3.46. The highest BCUT2D eigenvalue weighted by Gasteiger charge is 2.15. The van der Waals surface area contributed by atoms with Crippen LogP contribution in [0.15, 0.2) is 59.8 Å². The number of nitrogens with one attached hydrogen (secondary N) is 1. The van der Waals surface area contributed by atoms with Gasteiger partial charge in [-0.15, -0.1) is 10.2 Å². The van der Waals surface area contributed by atoms with Gasteiger partial charge in [-0.1, -0.05) is 42.1 Å². The number of rotatable bonds is 8. The second-order valence-electron chi connectivity index (χ2n) is 5.66. The number of anilines is 1. The number of methoxy groups -OCH3 is 1.